The summed E-state index contributed by atoms with van der Waals surface area (Å²) in [5.41, 5.74) is 3.13. The molecule has 6 nitrogen and oxygen atoms in total. The smallest absolute Gasteiger partial charge is 0.254 e. The van der Waals surface area contributed by atoms with E-state index in [0.29, 0.717) is 48.9 Å². The summed E-state index contributed by atoms with van der Waals surface area (Å²) in [5.74, 6) is 0.493. The van der Waals surface area contributed by atoms with Gasteiger partial charge in [-0.25, -0.2) is 0 Å². The summed E-state index contributed by atoms with van der Waals surface area (Å²) in [4.78, 5) is 42.2. The molecule has 2 aromatic rings. The fourth-order valence-corrected chi connectivity index (χ4v) is 4.83. The minimum atomic E-state index is -0.0675. The maximum absolute atomic E-state index is 13.1. The Bertz CT molecular complexity index is 1020. The highest BCUT2D eigenvalue weighted by atomic mass is 16.2. The van der Waals surface area contributed by atoms with Crippen LogP contribution >= 0.6 is 0 Å². The summed E-state index contributed by atoms with van der Waals surface area (Å²) in [6.07, 6.45) is 5.30. The summed E-state index contributed by atoms with van der Waals surface area (Å²) < 4.78 is 0. The van der Waals surface area contributed by atoms with Crippen molar-refractivity contribution in [3.05, 3.63) is 65.2 Å². The van der Waals surface area contributed by atoms with Crippen molar-refractivity contribution in [3.8, 4) is 0 Å². The molecule has 34 heavy (non-hydrogen) atoms. The Balaban J connectivity index is 1.32. The van der Waals surface area contributed by atoms with Gasteiger partial charge in [-0.1, -0.05) is 51.3 Å². The molecule has 1 heterocycles. The predicted octanol–water partition coefficient (Wildman–Crippen LogP) is 4.93. The van der Waals surface area contributed by atoms with Gasteiger partial charge in [-0.15, -0.1) is 0 Å². The molecule has 1 N–H and O–H groups in total. The number of benzene rings is 2. The lowest BCUT2D eigenvalue weighted by molar-refractivity contribution is -0.120. The van der Waals surface area contributed by atoms with Gasteiger partial charge < -0.3 is 15.1 Å². The van der Waals surface area contributed by atoms with Crippen molar-refractivity contribution in [2.45, 2.75) is 51.9 Å². The zero-order valence-corrected chi connectivity index (χ0v) is 20.3. The molecular formula is C28H35N3O3. The van der Waals surface area contributed by atoms with Crippen molar-refractivity contribution in [1.82, 2.24) is 9.80 Å². The first-order valence-corrected chi connectivity index (χ1v) is 12.5. The summed E-state index contributed by atoms with van der Waals surface area (Å²) in [6.45, 7) is 6.27. The Kier molecular flexibility index (Phi) is 7.66. The van der Waals surface area contributed by atoms with Gasteiger partial charge in [0.15, 0.2) is 0 Å². The van der Waals surface area contributed by atoms with Gasteiger partial charge in [-0.05, 0) is 54.7 Å². The molecule has 1 aliphatic carbocycles. The molecule has 2 fully saturated rings. The summed E-state index contributed by atoms with van der Waals surface area (Å²) >= 11 is 0. The van der Waals surface area contributed by atoms with E-state index in [1.54, 1.807) is 17.0 Å². The molecule has 3 amide bonds. The molecule has 0 spiro atoms. The predicted molar refractivity (Wildman–Crippen MR) is 134 cm³/mol. The lowest BCUT2D eigenvalue weighted by Crippen LogP contribution is -2.50. The van der Waals surface area contributed by atoms with Gasteiger partial charge in [-0.2, -0.15) is 0 Å². The van der Waals surface area contributed by atoms with Crippen LogP contribution in [0.25, 0.3) is 0 Å². The molecule has 1 saturated heterocycles. The average molecular weight is 462 g/mol. The van der Waals surface area contributed by atoms with E-state index in [1.165, 1.54) is 12.0 Å². The maximum atomic E-state index is 13.1. The zero-order valence-electron chi connectivity index (χ0n) is 20.3. The quantitative estimate of drug-likeness (QED) is 0.687. The van der Waals surface area contributed by atoms with Crippen LogP contribution < -0.4 is 5.32 Å². The minimum absolute atomic E-state index is 0.00910. The number of anilines is 1. The largest absolute Gasteiger partial charge is 0.335 e. The number of nitrogens with zero attached hydrogens (tertiary/aromatic N) is 2. The fraction of sp³-hybridized carbons (Fsp3) is 0.464. The van der Waals surface area contributed by atoms with Crippen LogP contribution in [-0.4, -0.2) is 53.7 Å². The van der Waals surface area contributed by atoms with Crippen molar-refractivity contribution < 1.29 is 14.4 Å². The zero-order chi connectivity index (χ0) is 24.1. The summed E-state index contributed by atoms with van der Waals surface area (Å²) in [6, 6.07) is 15.0. The molecule has 4 rings (SSSR count). The third-order valence-electron chi connectivity index (χ3n) is 7.03. The van der Waals surface area contributed by atoms with Gasteiger partial charge in [0, 0.05) is 48.9 Å². The molecule has 6 heteroatoms. The van der Waals surface area contributed by atoms with Crippen molar-refractivity contribution >= 4 is 23.4 Å². The van der Waals surface area contributed by atoms with Crippen LogP contribution in [0, 0.1) is 5.92 Å². The molecule has 0 unspecified atom stereocenters. The van der Waals surface area contributed by atoms with Crippen molar-refractivity contribution in [2.75, 3.05) is 31.5 Å². The van der Waals surface area contributed by atoms with E-state index < -0.39 is 0 Å². The van der Waals surface area contributed by atoms with Gasteiger partial charge in [0.25, 0.3) is 11.8 Å². The third-order valence-corrected chi connectivity index (χ3v) is 7.03. The van der Waals surface area contributed by atoms with Crippen LogP contribution in [0.3, 0.4) is 0 Å². The van der Waals surface area contributed by atoms with Crippen LogP contribution in [0.2, 0.25) is 0 Å². The first kappa shape index (κ1) is 24.0. The Labute approximate surface area is 202 Å². The average Bonchev–Trinajstić information content (AvgIpc) is 2.88. The molecule has 0 aromatic heterocycles. The number of nitrogens with one attached hydrogen (secondary N) is 1. The maximum Gasteiger partial charge on any atom is 0.254 e. The number of piperazine rings is 1. The first-order valence-electron chi connectivity index (χ1n) is 12.5. The Morgan fingerprint density at radius 2 is 1.38 bits per heavy atom. The van der Waals surface area contributed by atoms with E-state index in [-0.39, 0.29) is 23.6 Å². The van der Waals surface area contributed by atoms with Gasteiger partial charge in [-0.3, -0.25) is 14.4 Å². The van der Waals surface area contributed by atoms with Crippen molar-refractivity contribution in [3.63, 3.8) is 0 Å². The number of hydrogen-bond donors (Lipinski definition) is 1. The highest BCUT2D eigenvalue weighted by molar-refractivity contribution is 5.98. The molecule has 0 radical (unpaired) electrons. The normalized spacial score (nSPS) is 17.0. The summed E-state index contributed by atoms with van der Waals surface area (Å²) in [7, 11) is 0. The van der Waals surface area contributed by atoms with Crippen molar-refractivity contribution in [1.29, 1.82) is 0 Å². The molecule has 0 atom stereocenters. The SMILES string of the molecule is CC(C)c1ccc(C(=O)N2CCN(C(=O)c3cccc(NC(=O)C4CCCCC4)c3)CC2)cc1. The molecule has 0 bridgehead atoms. The molecule has 2 aromatic carbocycles. The lowest BCUT2D eigenvalue weighted by Gasteiger charge is -2.35. The molecule has 2 aliphatic rings. The lowest BCUT2D eigenvalue weighted by atomic mass is 9.88. The molecule has 180 valence electrons. The third kappa shape index (κ3) is 5.66. The van der Waals surface area contributed by atoms with Crippen molar-refractivity contribution in [2.24, 2.45) is 5.92 Å². The van der Waals surface area contributed by atoms with E-state index in [2.05, 4.69) is 19.2 Å². The van der Waals surface area contributed by atoms with E-state index in [9.17, 15) is 14.4 Å². The van der Waals surface area contributed by atoms with Crippen LogP contribution in [0.4, 0.5) is 5.69 Å². The van der Waals surface area contributed by atoms with E-state index in [1.807, 2.05) is 41.3 Å². The van der Waals surface area contributed by atoms with Crippen LogP contribution in [0.5, 0.6) is 0 Å². The van der Waals surface area contributed by atoms with Crippen LogP contribution in [0.15, 0.2) is 48.5 Å². The minimum Gasteiger partial charge on any atom is -0.335 e. The Hall–Kier alpha value is -3.15. The van der Waals surface area contributed by atoms with Gasteiger partial charge in [0.1, 0.15) is 0 Å². The number of hydrogen-bond acceptors (Lipinski definition) is 3. The molecular weight excluding hydrogens is 426 g/mol. The highest BCUT2D eigenvalue weighted by Gasteiger charge is 2.26. The second-order valence-corrected chi connectivity index (χ2v) is 9.77. The van der Waals surface area contributed by atoms with E-state index in [0.717, 1.165) is 25.7 Å². The van der Waals surface area contributed by atoms with Crippen LogP contribution in [0.1, 0.15) is 78.1 Å². The molecule has 1 aliphatic heterocycles. The van der Waals surface area contributed by atoms with E-state index >= 15 is 0 Å². The highest BCUT2D eigenvalue weighted by Crippen LogP contribution is 2.25. The number of carbonyl (C=O) groups is 3. The second kappa shape index (κ2) is 10.9. The van der Waals surface area contributed by atoms with E-state index in [4.69, 9.17) is 0 Å². The number of rotatable bonds is 5. The van der Waals surface area contributed by atoms with Crippen LogP contribution in [-0.2, 0) is 4.79 Å². The first-order chi connectivity index (χ1) is 16.4. The second-order valence-electron chi connectivity index (χ2n) is 9.77. The summed E-state index contributed by atoms with van der Waals surface area (Å²) in [5, 5.41) is 3.00. The monoisotopic (exact) mass is 461 g/mol. The number of amides is 3. The Morgan fingerprint density at radius 1 is 0.794 bits per heavy atom. The van der Waals surface area contributed by atoms with Gasteiger partial charge in [0.2, 0.25) is 5.91 Å². The number of carbonyl (C=O) groups excluding carboxylic acids is 3. The topological polar surface area (TPSA) is 69.7 Å². The molecule has 1 saturated carbocycles. The van der Waals surface area contributed by atoms with Gasteiger partial charge in [0.05, 0.1) is 0 Å². The fourth-order valence-electron chi connectivity index (χ4n) is 4.83. The van der Waals surface area contributed by atoms with Gasteiger partial charge >= 0.3 is 0 Å². The Morgan fingerprint density at radius 3 is 1.97 bits per heavy atom. The standard InChI is InChI=1S/C28H35N3O3/c1-20(2)21-11-13-23(14-12-21)27(33)30-15-17-31(18-16-30)28(34)24-9-6-10-25(19-24)29-26(32)22-7-4-3-5-8-22/h6,9-14,19-20,22H,3-5,7-8,15-18H2,1-2H3,(H,29,32).